The lowest BCUT2D eigenvalue weighted by Gasteiger charge is -2.05. The zero-order valence-electron chi connectivity index (χ0n) is 9.98. The second-order valence-corrected chi connectivity index (χ2v) is 5.78. The molecule has 0 aliphatic heterocycles. The van der Waals surface area contributed by atoms with Gasteiger partial charge in [0, 0.05) is 21.7 Å². The van der Waals surface area contributed by atoms with Crippen molar-refractivity contribution in [2.24, 2.45) is 0 Å². The molecule has 0 unspecified atom stereocenters. The molecular formula is C14H11ClIN3. The summed E-state index contributed by atoms with van der Waals surface area (Å²) in [5, 5.41) is 4.10. The number of nitrogens with zero attached hydrogens (tertiary/aromatic N) is 2. The summed E-state index contributed by atoms with van der Waals surface area (Å²) in [7, 11) is 0. The zero-order valence-corrected chi connectivity index (χ0v) is 12.9. The van der Waals surface area contributed by atoms with E-state index < -0.39 is 0 Å². The first kappa shape index (κ1) is 12.7. The third kappa shape index (κ3) is 2.84. The SMILES string of the molecule is Clc1ccc2nc(CNc3ccccc3I)cn2c1. The van der Waals surface area contributed by atoms with Crippen LogP contribution in [0, 0.1) is 3.57 Å². The van der Waals surface area contributed by atoms with Crippen molar-refractivity contribution in [3.8, 4) is 0 Å². The van der Waals surface area contributed by atoms with Crippen molar-refractivity contribution in [2.45, 2.75) is 6.54 Å². The molecule has 0 amide bonds. The van der Waals surface area contributed by atoms with E-state index in [4.69, 9.17) is 11.6 Å². The Labute approximate surface area is 129 Å². The predicted molar refractivity (Wildman–Crippen MR) is 86.7 cm³/mol. The normalized spacial score (nSPS) is 10.8. The number of aromatic nitrogens is 2. The number of pyridine rings is 1. The number of benzene rings is 1. The van der Waals surface area contributed by atoms with Gasteiger partial charge in [0.2, 0.25) is 0 Å². The van der Waals surface area contributed by atoms with Crippen LogP contribution in [0.4, 0.5) is 5.69 Å². The number of hydrogen-bond donors (Lipinski definition) is 1. The number of nitrogens with one attached hydrogen (secondary N) is 1. The molecule has 0 saturated heterocycles. The van der Waals surface area contributed by atoms with E-state index in [0.29, 0.717) is 11.6 Å². The Bertz CT molecular complexity index is 724. The second-order valence-electron chi connectivity index (χ2n) is 4.18. The molecule has 0 aliphatic carbocycles. The summed E-state index contributed by atoms with van der Waals surface area (Å²) in [4.78, 5) is 4.54. The summed E-state index contributed by atoms with van der Waals surface area (Å²) in [6.45, 7) is 0.694. The Hall–Kier alpha value is -1.27. The van der Waals surface area contributed by atoms with Gasteiger partial charge < -0.3 is 9.72 Å². The van der Waals surface area contributed by atoms with E-state index in [-0.39, 0.29) is 0 Å². The van der Waals surface area contributed by atoms with Crippen LogP contribution in [-0.4, -0.2) is 9.38 Å². The molecule has 3 nitrogen and oxygen atoms in total. The minimum atomic E-state index is 0.694. The number of rotatable bonds is 3. The van der Waals surface area contributed by atoms with Crippen LogP contribution in [0.3, 0.4) is 0 Å². The molecule has 96 valence electrons. The van der Waals surface area contributed by atoms with E-state index in [2.05, 4.69) is 45.0 Å². The topological polar surface area (TPSA) is 29.3 Å². The van der Waals surface area contributed by atoms with Crippen molar-refractivity contribution in [3.05, 3.63) is 63.1 Å². The largest absolute Gasteiger partial charge is 0.378 e. The molecule has 0 radical (unpaired) electrons. The lowest BCUT2D eigenvalue weighted by molar-refractivity contribution is 1.08. The minimum absolute atomic E-state index is 0.694. The van der Waals surface area contributed by atoms with Crippen LogP contribution in [0.15, 0.2) is 48.8 Å². The molecule has 1 aromatic carbocycles. The van der Waals surface area contributed by atoms with E-state index in [1.165, 1.54) is 3.57 Å². The molecular weight excluding hydrogens is 373 g/mol. The average Bonchev–Trinajstić information content (AvgIpc) is 2.79. The van der Waals surface area contributed by atoms with Crippen molar-refractivity contribution in [1.82, 2.24) is 9.38 Å². The number of anilines is 1. The van der Waals surface area contributed by atoms with Gasteiger partial charge in [0.15, 0.2) is 0 Å². The van der Waals surface area contributed by atoms with Crippen LogP contribution in [0.5, 0.6) is 0 Å². The fraction of sp³-hybridized carbons (Fsp3) is 0.0714. The third-order valence-corrected chi connectivity index (χ3v) is 3.96. The summed E-state index contributed by atoms with van der Waals surface area (Å²) in [6, 6.07) is 12.0. The Morgan fingerprint density at radius 2 is 2.00 bits per heavy atom. The van der Waals surface area contributed by atoms with Gasteiger partial charge in [-0.15, -0.1) is 0 Å². The molecule has 0 spiro atoms. The van der Waals surface area contributed by atoms with Crippen molar-refractivity contribution >= 4 is 45.5 Å². The maximum absolute atomic E-state index is 5.96. The number of hydrogen-bond acceptors (Lipinski definition) is 2. The quantitative estimate of drug-likeness (QED) is 0.687. The molecule has 0 atom stereocenters. The van der Waals surface area contributed by atoms with E-state index >= 15 is 0 Å². The second kappa shape index (κ2) is 5.38. The third-order valence-electron chi connectivity index (χ3n) is 2.80. The number of halogens is 2. The van der Waals surface area contributed by atoms with Crippen LogP contribution in [0.1, 0.15) is 5.69 Å². The highest BCUT2D eigenvalue weighted by Crippen LogP contribution is 2.18. The highest BCUT2D eigenvalue weighted by atomic mass is 127. The Morgan fingerprint density at radius 3 is 2.84 bits per heavy atom. The Kier molecular flexibility index (Phi) is 3.61. The van der Waals surface area contributed by atoms with Gasteiger partial charge in [-0.05, 0) is 46.9 Å². The first-order valence-corrected chi connectivity index (χ1v) is 7.29. The first-order chi connectivity index (χ1) is 9.22. The van der Waals surface area contributed by atoms with Crippen LogP contribution < -0.4 is 5.32 Å². The highest BCUT2D eigenvalue weighted by molar-refractivity contribution is 14.1. The molecule has 3 aromatic rings. The van der Waals surface area contributed by atoms with Gasteiger partial charge in [0.25, 0.3) is 0 Å². The highest BCUT2D eigenvalue weighted by Gasteiger charge is 2.03. The number of para-hydroxylation sites is 1. The predicted octanol–water partition coefficient (Wildman–Crippen LogP) is 4.20. The summed E-state index contributed by atoms with van der Waals surface area (Å²) in [5.41, 5.74) is 3.02. The average molecular weight is 384 g/mol. The molecule has 2 aromatic heterocycles. The van der Waals surface area contributed by atoms with E-state index in [0.717, 1.165) is 17.0 Å². The molecule has 2 heterocycles. The molecule has 0 aliphatic rings. The van der Waals surface area contributed by atoms with Crippen LogP contribution in [0.25, 0.3) is 5.65 Å². The standard InChI is InChI=1S/C14H11ClIN3/c15-10-5-6-14-18-11(9-19(14)8-10)7-17-13-4-2-1-3-12(13)16/h1-6,8-9,17H,7H2. The monoisotopic (exact) mass is 383 g/mol. The van der Waals surface area contributed by atoms with Gasteiger partial charge in [-0.3, -0.25) is 0 Å². The lowest BCUT2D eigenvalue weighted by atomic mass is 10.3. The molecule has 0 fully saturated rings. The van der Waals surface area contributed by atoms with Crippen LogP contribution >= 0.6 is 34.2 Å². The smallest absolute Gasteiger partial charge is 0.137 e. The van der Waals surface area contributed by atoms with E-state index in [9.17, 15) is 0 Å². The van der Waals surface area contributed by atoms with Gasteiger partial charge in [0.1, 0.15) is 5.65 Å². The maximum Gasteiger partial charge on any atom is 0.137 e. The molecule has 1 N–H and O–H groups in total. The minimum Gasteiger partial charge on any atom is -0.378 e. The summed E-state index contributed by atoms with van der Waals surface area (Å²) >= 11 is 8.27. The Balaban J connectivity index is 1.80. The summed E-state index contributed by atoms with van der Waals surface area (Å²) in [6.07, 6.45) is 3.85. The zero-order chi connectivity index (χ0) is 13.2. The van der Waals surface area contributed by atoms with Gasteiger partial charge >= 0.3 is 0 Å². The number of fused-ring (bicyclic) bond motifs is 1. The number of imidazole rings is 1. The van der Waals surface area contributed by atoms with E-state index in [1.54, 1.807) is 0 Å². The molecule has 0 bridgehead atoms. The van der Waals surface area contributed by atoms with Gasteiger partial charge in [-0.1, -0.05) is 23.7 Å². The maximum atomic E-state index is 5.96. The van der Waals surface area contributed by atoms with Gasteiger partial charge in [-0.2, -0.15) is 0 Å². The van der Waals surface area contributed by atoms with Gasteiger partial charge in [-0.25, -0.2) is 4.98 Å². The Morgan fingerprint density at radius 1 is 1.16 bits per heavy atom. The van der Waals surface area contributed by atoms with Crippen molar-refractivity contribution in [1.29, 1.82) is 0 Å². The summed E-state index contributed by atoms with van der Waals surface area (Å²) < 4.78 is 3.14. The van der Waals surface area contributed by atoms with Crippen molar-refractivity contribution in [2.75, 3.05) is 5.32 Å². The molecule has 5 heteroatoms. The first-order valence-electron chi connectivity index (χ1n) is 5.84. The van der Waals surface area contributed by atoms with Crippen molar-refractivity contribution in [3.63, 3.8) is 0 Å². The molecule has 19 heavy (non-hydrogen) atoms. The van der Waals surface area contributed by atoms with Gasteiger partial charge in [0.05, 0.1) is 17.3 Å². The van der Waals surface area contributed by atoms with Crippen molar-refractivity contribution < 1.29 is 0 Å². The molecule has 3 rings (SSSR count). The summed E-state index contributed by atoms with van der Waals surface area (Å²) in [5.74, 6) is 0. The fourth-order valence-electron chi connectivity index (χ4n) is 1.89. The molecule has 0 saturated carbocycles. The van der Waals surface area contributed by atoms with Crippen LogP contribution in [-0.2, 0) is 6.54 Å². The van der Waals surface area contributed by atoms with E-state index in [1.807, 2.05) is 41.1 Å². The fourth-order valence-corrected chi connectivity index (χ4v) is 2.64. The lowest BCUT2D eigenvalue weighted by Crippen LogP contribution is -2.00. The van der Waals surface area contributed by atoms with Crippen LogP contribution in [0.2, 0.25) is 5.02 Å².